The molecule has 0 fully saturated rings. The molecule has 1 nitrogen and oxygen atoms in total. The van der Waals surface area contributed by atoms with E-state index in [1.165, 1.54) is 30.4 Å². The second-order valence-electron chi connectivity index (χ2n) is 5.96. The summed E-state index contributed by atoms with van der Waals surface area (Å²) in [6.07, 6.45) is 6.30. The molecule has 0 N–H and O–H groups in total. The van der Waals surface area contributed by atoms with Crippen LogP contribution in [0.2, 0.25) is 0 Å². The Hall–Kier alpha value is -1.11. The predicted octanol–water partition coefficient (Wildman–Crippen LogP) is 4.50. The molecule has 98 valence electrons. The number of fused-ring (bicyclic) bond motifs is 1. The van der Waals surface area contributed by atoms with E-state index in [-0.39, 0.29) is 0 Å². The van der Waals surface area contributed by atoms with Crippen molar-refractivity contribution in [3.63, 3.8) is 0 Å². The van der Waals surface area contributed by atoms with Crippen LogP contribution in [0.25, 0.3) is 0 Å². The van der Waals surface area contributed by atoms with Crippen molar-refractivity contribution >= 4 is 5.78 Å². The van der Waals surface area contributed by atoms with E-state index in [4.69, 9.17) is 0 Å². The SMILES string of the molecule is CC(C)CC(=O)CCC1CCCc2ccccc21. The molecule has 1 aliphatic carbocycles. The summed E-state index contributed by atoms with van der Waals surface area (Å²) < 4.78 is 0. The molecule has 1 unspecified atom stereocenters. The number of aryl methyl sites for hydroxylation is 1. The number of carbonyl (C=O) groups excluding carboxylic acids is 1. The lowest BCUT2D eigenvalue weighted by molar-refractivity contribution is -0.119. The van der Waals surface area contributed by atoms with Crippen molar-refractivity contribution < 1.29 is 4.79 Å². The van der Waals surface area contributed by atoms with Gasteiger partial charge in [-0.05, 0) is 48.6 Å². The van der Waals surface area contributed by atoms with Crippen LogP contribution in [0.4, 0.5) is 0 Å². The van der Waals surface area contributed by atoms with E-state index in [1.807, 2.05) is 0 Å². The molecule has 0 aliphatic heterocycles. The quantitative estimate of drug-likeness (QED) is 0.745. The third-order valence-electron chi connectivity index (χ3n) is 3.90. The van der Waals surface area contributed by atoms with E-state index >= 15 is 0 Å². The van der Waals surface area contributed by atoms with Gasteiger partial charge < -0.3 is 0 Å². The first-order chi connectivity index (χ1) is 8.66. The highest BCUT2D eigenvalue weighted by Crippen LogP contribution is 2.34. The zero-order chi connectivity index (χ0) is 13.0. The Morgan fingerprint density at radius 2 is 2.11 bits per heavy atom. The Labute approximate surface area is 111 Å². The van der Waals surface area contributed by atoms with E-state index in [1.54, 1.807) is 0 Å². The Morgan fingerprint density at radius 1 is 1.33 bits per heavy atom. The first-order valence-corrected chi connectivity index (χ1v) is 7.26. The monoisotopic (exact) mass is 244 g/mol. The average Bonchev–Trinajstić information content (AvgIpc) is 2.35. The highest BCUT2D eigenvalue weighted by Gasteiger charge is 2.20. The minimum absolute atomic E-state index is 0.438. The summed E-state index contributed by atoms with van der Waals surface area (Å²) in [4.78, 5) is 11.8. The molecule has 0 aromatic heterocycles. The van der Waals surface area contributed by atoms with Gasteiger partial charge in [0.2, 0.25) is 0 Å². The molecule has 0 amide bonds. The minimum atomic E-state index is 0.438. The van der Waals surface area contributed by atoms with Crippen molar-refractivity contribution in [1.29, 1.82) is 0 Å². The lowest BCUT2D eigenvalue weighted by Gasteiger charge is -2.25. The molecule has 0 saturated heterocycles. The van der Waals surface area contributed by atoms with Gasteiger partial charge in [0.1, 0.15) is 5.78 Å². The van der Waals surface area contributed by atoms with Crippen LogP contribution in [-0.4, -0.2) is 5.78 Å². The highest BCUT2D eigenvalue weighted by atomic mass is 16.1. The smallest absolute Gasteiger partial charge is 0.133 e. The zero-order valence-corrected chi connectivity index (χ0v) is 11.6. The van der Waals surface area contributed by atoms with Gasteiger partial charge in [0, 0.05) is 12.8 Å². The van der Waals surface area contributed by atoms with Gasteiger partial charge in [0.05, 0.1) is 0 Å². The average molecular weight is 244 g/mol. The molecule has 1 atom stereocenters. The van der Waals surface area contributed by atoms with Crippen molar-refractivity contribution in [2.45, 2.75) is 58.3 Å². The van der Waals surface area contributed by atoms with Crippen LogP contribution in [0.5, 0.6) is 0 Å². The van der Waals surface area contributed by atoms with Gasteiger partial charge in [-0.3, -0.25) is 4.79 Å². The van der Waals surface area contributed by atoms with Crippen molar-refractivity contribution in [3.05, 3.63) is 35.4 Å². The standard InChI is InChI=1S/C17H24O/c1-13(2)12-16(18)11-10-15-8-5-7-14-6-3-4-9-17(14)15/h3-4,6,9,13,15H,5,7-8,10-12H2,1-2H3. The van der Waals surface area contributed by atoms with E-state index in [9.17, 15) is 4.79 Å². The fraction of sp³-hybridized carbons (Fsp3) is 0.588. The number of hydrogen-bond donors (Lipinski definition) is 0. The fourth-order valence-corrected chi connectivity index (χ4v) is 3.05. The Morgan fingerprint density at radius 3 is 2.89 bits per heavy atom. The third kappa shape index (κ3) is 3.44. The van der Waals surface area contributed by atoms with Gasteiger partial charge >= 0.3 is 0 Å². The lowest BCUT2D eigenvalue weighted by Crippen LogP contribution is -2.12. The van der Waals surface area contributed by atoms with Crippen molar-refractivity contribution in [1.82, 2.24) is 0 Å². The molecule has 0 heterocycles. The lowest BCUT2D eigenvalue weighted by atomic mass is 9.80. The number of carbonyl (C=O) groups is 1. The maximum absolute atomic E-state index is 11.8. The molecule has 0 bridgehead atoms. The Kier molecular flexibility index (Phi) is 4.57. The van der Waals surface area contributed by atoms with Crippen LogP contribution in [0.3, 0.4) is 0 Å². The molecular weight excluding hydrogens is 220 g/mol. The summed E-state index contributed by atoms with van der Waals surface area (Å²) >= 11 is 0. The molecule has 0 saturated carbocycles. The first-order valence-electron chi connectivity index (χ1n) is 7.26. The van der Waals surface area contributed by atoms with Gasteiger partial charge in [0.25, 0.3) is 0 Å². The molecule has 1 aromatic rings. The van der Waals surface area contributed by atoms with Crippen LogP contribution < -0.4 is 0 Å². The fourth-order valence-electron chi connectivity index (χ4n) is 3.05. The maximum Gasteiger partial charge on any atom is 0.133 e. The Balaban J connectivity index is 1.93. The van der Waals surface area contributed by atoms with Gasteiger partial charge in [-0.25, -0.2) is 0 Å². The van der Waals surface area contributed by atoms with Gasteiger partial charge in [0.15, 0.2) is 0 Å². The van der Waals surface area contributed by atoms with Crippen LogP contribution in [0, 0.1) is 5.92 Å². The summed E-state index contributed by atoms with van der Waals surface area (Å²) in [6.45, 7) is 4.24. The molecule has 1 heteroatoms. The zero-order valence-electron chi connectivity index (χ0n) is 11.6. The largest absolute Gasteiger partial charge is 0.300 e. The molecule has 2 rings (SSSR count). The number of rotatable bonds is 5. The molecule has 0 radical (unpaired) electrons. The summed E-state index contributed by atoms with van der Waals surface area (Å²) in [6, 6.07) is 8.77. The Bertz CT molecular complexity index is 406. The highest BCUT2D eigenvalue weighted by molar-refractivity contribution is 5.78. The van der Waals surface area contributed by atoms with Crippen LogP contribution >= 0.6 is 0 Å². The normalized spacial score (nSPS) is 18.7. The van der Waals surface area contributed by atoms with E-state index in [0.29, 0.717) is 17.6 Å². The van der Waals surface area contributed by atoms with Crippen molar-refractivity contribution in [2.24, 2.45) is 5.92 Å². The van der Waals surface area contributed by atoms with E-state index < -0.39 is 0 Å². The molecular formula is C17H24O. The molecule has 1 aromatic carbocycles. The summed E-state index contributed by atoms with van der Waals surface area (Å²) in [7, 11) is 0. The summed E-state index contributed by atoms with van der Waals surface area (Å²) in [5.41, 5.74) is 3.01. The minimum Gasteiger partial charge on any atom is -0.300 e. The van der Waals surface area contributed by atoms with Crippen LogP contribution in [0.15, 0.2) is 24.3 Å². The van der Waals surface area contributed by atoms with Gasteiger partial charge in [-0.1, -0.05) is 38.1 Å². The van der Waals surface area contributed by atoms with Crippen molar-refractivity contribution in [3.8, 4) is 0 Å². The van der Waals surface area contributed by atoms with Crippen LogP contribution in [-0.2, 0) is 11.2 Å². The van der Waals surface area contributed by atoms with Crippen LogP contribution in [0.1, 0.15) is 63.0 Å². The maximum atomic E-state index is 11.8. The van der Waals surface area contributed by atoms with Crippen molar-refractivity contribution in [2.75, 3.05) is 0 Å². The number of hydrogen-bond acceptors (Lipinski definition) is 1. The summed E-state index contributed by atoms with van der Waals surface area (Å²) in [5.74, 6) is 1.55. The first kappa shape index (κ1) is 13.3. The molecule has 1 aliphatic rings. The molecule has 18 heavy (non-hydrogen) atoms. The number of ketones is 1. The number of benzene rings is 1. The summed E-state index contributed by atoms with van der Waals surface area (Å²) in [5, 5.41) is 0. The third-order valence-corrected chi connectivity index (χ3v) is 3.90. The van der Waals surface area contributed by atoms with Gasteiger partial charge in [-0.15, -0.1) is 0 Å². The van der Waals surface area contributed by atoms with E-state index in [0.717, 1.165) is 19.3 Å². The predicted molar refractivity (Wildman–Crippen MR) is 75.8 cm³/mol. The second kappa shape index (κ2) is 6.17. The van der Waals surface area contributed by atoms with Gasteiger partial charge in [-0.2, -0.15) is 0 Å². The molecule has 0 spiro atoms. The number of Topliss-reactive ketones (excluding diaryl/α,β-unsaturated/α-hetero) is 1. The van der Waals surface area contributed by atoms with E-state index in [2.05, 4.69) is 38.1 Å². The second-order valence-corrected chi connectivity index (χ2v) is 5.96. The topological polar surface area (TPSA) is 17.1 Å².